The normalized spacial score (nSPS) is 25.2. The zero-order chi connectivity index (χ0) is 18.4. The molecule has 1 aromatic heterocycles. The van der Waals surface area contributed by atoms with Crippen molar-refractivity contribution in [2.75, 3.05) is 26.7 Å². The molecule has 0 amide bonds. The van der Waals surface area contributed by atoms with Crippen molar-refractivity contribution in [1.82, 2.24) is 20.1 Å². The molecule has 4 nitrogen and oxygen atoms in total. The Labute approximate surface area is 174 Å². The summed E-state index contributed by atoms with van der Waals surface area (Å²) in [6, 6.07) is 7.74. The van der Waals surface area contributed by atoms with Crippen LogP contribution in [-0.4, -0.2) is 58.7 Å². The minimum atomic E-state index is 0.407. The van der Waals surface area contributed by atoms with Gasteiger partial charge in [0.05, 0.1) is 3.70 Å². The molecule has 1 unspecified atom stereocenters. The lowest BCUT2D eigenvalue weighted by Gasteiger charge is -2.46. The maximum absolute atomic E-state index is 5.66. The Kier molecular flexibility index (Phi) is 5.18. The molecule has 1 aromatic carbocycles. The average molecular weight is 482 g/mol. The molecule has 0 radical (unpaired) electrons. The average Bonchev–Trinajstić information content (AvgIpc) is 2.94. The molecule has 26 heavy (non-hydrogen) atoms. The number of likely N-dealkylation sites (N-methyl/N-ethyl adjacent to an activating group) is 1. The van der Waals surface area contributed by atoms with Crippen LogP contribution < -0.4 is 5.32 Å². The highest BCUT2D eigenvalue weighted by Crippen LogP contribution is 2.44. The van der Waals surface area contributed by atoms with Crippen molar-refractivity contribution in [1.29, 1.82) is 0 Å². The van der Waals surface area contributed by atoms with E-state index in [0.717, 1.165) is 37.6 Å². The predicted octanol–water partition coefficient (Wildman–Crippen LogP) is 3.70. The fourth-order valence-corrected chi connectivity index (χ4v) is 6.07. The van der Waals surface area contributed by atoms with Crippen molar-refractivity contribution >= 4 is 50.8 Å². The summed E-state index contributed by atoms with van der Waals surface area (Å²) >= 11 is 8.12. The highest BCUT2D eigenvalue weighted by molar-refractivity contribution is 14.1. The molecule has 1 fully saturated rings. The highest BCUT2D eigenvalue weighted by Gasteiger charge is 2.40. The number of nitrogens with one attached hydrogen (secondary N) is 2. The van der Waals surface area contributed by atoms with Crippen LogP contribution in [0.5, 0.6) is 0 Å². The maximum Gasteiger partial charge on any atom is 0.169 e. The molecule has 2 heterocycles. The maximum atomic E-state index is 5.66. The molecule has 2 aliphatic rings. The smallest absolute Gasteiger partial charge is 0.169 e. The number of nitrogens with zero attached hydrogens (tertiary/aromatic N) is 2. The quantitative estimate of drug-likeness (QED) is 0.517. The fraction of sp³-hybridized carbons (Fsp3) is 0.550. The molecule has 4 rings (SSSR count). The van der Waals surface area contributed by atoms with Gasteiger partial charge in [0.25, 0.3) is 0 Å². The molecular formula is C20H27IN4S. The molecule has 6 heteroatoms. The first-order valence-corrected chi connectivity index (χ1v) is 11.1. The van der Waals surface area contributed by atoms with Crippen LogP contribution in [0.1, 0.15) is 37.3 Å². The second kappa shape index (κ2) is 7.28. The van der Waals surface area contributed by atoms with Crippen LogP contribution in [0.25, 0.3) is 10.9 Å². The predicted molar refractivity (Wildman–Crippen MR) is 121 cm³/mol. The summed E-state index contributed by atoms with van der Waals surface area (Å²) in [4.78, 5) is 8.36. The Balaban J connectivity index is 1.63. The first-order valence-electron chi connectivity index (χ1n) is 9.58. The van der Waals surface area contributed by atoms with Crippen molar-refractivity contribution in [2.24, 2.45) is 0 Å². The minimum Gasteiger partial charge on any atom is -0.359 e. The third-order valence-electron chi connectivity index (χ3n) is 6.18. The van der Waals surface area contributed by atoms with Gasteiger partial charge in [0.15, 0.2) is 5.11 Å². The van der Waals surface area contributed by atoms with Gasteiger partial charge < -0.3 is 20.1 Å². The highest BCUT2D eigenvalue weighted by atomic mass is 127. The van der Waals surface area contributed by atoms with Gasteiger partial charge in [-0.3, -0.25) is 0 Å². The van der Waals surface area contributed by atoms with E-state index in [9.17, 15) is 0 Å². The molecular weight excluding hydrogens is 455 g/mol. The van der Waals surface area contributed by atoms with E-state index in [4.69, 9.17) is 12.2 Å². The Hall–Kier alpha value is -0.860. The van der Waals surface area contributed by atoms with Gasteiger partial charge >= 0.3 is 0 Å². The number of benzene rings is 1. The second-order valence-corrected chi connectivity index (χ2v) is 9.02. The number of H-pyrrole nitrogens is 1. The summed E-state index contributed by atoms with van der Waals surface area (Å²) in [5.41, 5.74) is 4.31. The number of likely N-dealkylation sites (tertiary alicyclic amines) is 1. The van der Waals surface area contributed by atoms with Crippen LogP contribution in [0.2, 0.25) is 0 Å². The van der Waals surface area contributed by atoms with E-state index >= 15 is 0 Å². The van der Waals surface area contributed by atoms with Crippen molar-refractivity contribution in [3.63, 3.8) is 0 Å². The van der Waals surface area contributed by atoms with E-state index < -0.39 is 0 Å². The molecule has 1 saturated heterocycles. The molecule has 0 saturated carbocycles. The second-order valence-electron chi connectivity index (χ2n) is 7.56. The number of aromatic nitrogens is 1. The minimum absolute atomic E-state index is 0.407. The topological polar surface area (TPSA) is 34.3 Å². The van der Waals surface area contributed by atoms with Gasteiger partial charge in [0.1, 0.15) is 0 Å². The summed E-state index contributed by atoms with van der Waals surface area (Å²) in [5.74, 6) is 0.563. The number of aromatic amines is 1. The number of halogens is 1. The molecule has 0 bridgehead atoms. The number of hydrogen-bond donors (Lipinski definition) is 2. The van der Waals surface area contributed by atoms with Gasteiger partial charge in [0, 0.05) is 48.5 Å². The van der Waals surface area contributed by atoms with Gasteiger partial charge in [-0.2, -0.15) is 0 Å². The van der Waals surface area contributed by atoms with Gasteiger partial charge in [-0.05, 0) is 85.7 Å². The fourth-order valence-electron chi connectivity index (χ4n) is 4.87. The Morgan fingerprint density at radius 1 is 1.38 bits per heavy atom. The van der Waals surface area contributed by atoms with E-state index in [1.807, 2.05) is 0 Å². The largest absolute Gasteiger partial charge is 0.359 e. The van der Waals surface area contributed by atoms with Crippen molar-refractivity contribution < 1.29 is 0 Å². The van der Waals surface area contributed by atoms with Crippen LogP contribution in [0.4, 0.5) is 0 Å². The van der Waals surface area contributed by atoms with Crippen molar-refractivity contribution in [3.8, 4) is 0 Å². The number of piperidine rings is 1. The van der Waals surface area contributed by atoms with Crippen LogP contribution >= 0.6 is 34.8 Å². The van der Waals surface area contributed by atoms with E-state index in [0.29, 0.717) is 18.0 Å². The van der Waals surface area contributed by atoms with E-state index in [1.165, 1.54) is 25.7 Å². The summed E-state index contributed by atoms with van der Waals surface area (Å²) in [7, 11) is 2.27. The number of thiocarbonyl (C=S) groups is 1. The molecule has 3 atom stereocenters. The lowest BCUT2D eigenvalue weighted by molar-refractivity contribution is 0.133. The summed E-state index contributed by atoms with van der Waals surface area (Å²) in [6.07, 6.45) is 2.29. The number of hydrogen-bond acceptors (Lipinski definition) is 2. The first kappa shape index (κ1) is 18.5. The lowest BCUT2D eigenvalue weighted by atomic mass is 9.74. The van der Waals surface area contributed by atoms with Gasteiger partial charge in [-0.1, -0.05) is 12.1 Å². The zero-order valence-corrected chi connectivity index (χ0v) is 18.7. The van der Waals surface area contributed by atoms with E-state index in [2.05, 4.69) is 81.8 Å². The first-order chi connectivity index (χ1) is 12.5. The number of rotatable bonds is 3. The van der Waals surface area contributed by atoms with Crippen molar-refractivity contribution in [2.45, 2.75) is 44.7 Å². The molecule has 2 N–H and O–H groups in total. The Morgan fingerprint density at radius 3 is 2.88 bits per heavy atom. The summed E-state index contributed by atoms with van der Waals surface area (Å²) in [6.45, 7) is 7.30. The van der Waals surface area contributed by atoms with E-state index in [1.54, 1.807) is 0 Å². The lowest BCUT2D eigenvalue weighted by Crippen LogP contribution is -2.56. The molecule has 1 aliphatic heterocycles. The van der Waals surface area contributed by atoms with Gasteiger partial charge in [-0.15, -0.1) is 0 Å². The Bertz CT molecular complexity index is 829. The summed E-state index contributed by atoms with van der Waals surface area (Å²) in [5, 5.41) is 6.02. The van der Waals surface area contributed by atoms with Gasteiger partial charge in [0.2, 0.25) is 0 Å². The van der Waals surface area contributed by atoms with Crippen LogP contribution in [0, 0.1) is 3.70 Å². The third kappa shape index (κ3) is 3.03. The molecule has 2 aromatic rings. The van der Waals surface area contributed by atoms with Crippen LogP contribution in [0.15, 0.2) is 18.2 Å². The molecule has 1 aliphatic carbocycles. The Morgan fingerprint density at radius 2 is 2.15 bits per heavy atom. The van der Waals surface area contributed by atoms with E-state index in [-0.39, 0.29) is 0 Å². The SMILES string of the molecule is CCN(CC)C(=S)N[C@H]1CC2c3cccc4[nH]c(I)c(c34)C[C@H]2N(C)C1. The van der Waals surface area contributed by atoms with Crippen LogP contribution in [-0.2, 0) is 6.42 Å². The molecule has 140 valence electrons. The molecule has 0 spiro atoms. The number of fused-ring (bicyclic) bond motifs is 2. The monoisotopic (exact) mass is 482 g/mol. The standard InChI is InChI=1S/C20H27IN4S/c1-4-25(5-2)20(26)22-12-9-14-13-7-6-8-16-18(13)15(19(21)23-16)10-17(14)24(3)11-12/h6-8,12,14,17,23H,4-5,9-11H2,1-3H3,(H,22,26)/t12-,14?,17+/m0/s1. The zero-order valence-electron chi connectivity index (χ0n) is 15.7. The van der Waals surface area contributed by atoms with Crippen LogP contribution in [0.3, 0.4) is 0 Å². The van der Waals surface area contributed by atoms with Crippen molar-refractivity contribution in [3.05, 3.63) is 33.0 Å². The third-order valence-corrected chi connectivity index (χ3v) is 7.47. The summed E-state index contributed by atoms with van der Waals surface area (Å²) < 4.78 is 1.31. The van der Waals surface area contributed by atoms with Gasteiger partial charge in [-0.25, -0.2) is 0 Å².